The highest BCUT2D eigenvalue weighted by Gasteiger charge is 2.37. The van der Waals surface area contributed by atoms with Gasteiger partial charge in [0.2, 0.25) is 17.2 Å². The molecule has 300 valence electrons. The molecule has 58 heavy (non-hydrogen) atoms. The summed E-state index contributed by atoms with van der Waals surface area (Å²) in [7, 11) is 0. The summed E-state index contributed by atoms with van der Waals surface area (Å²) >= 11 is 0. The van der Waals surface area contributed by atoms with Crippen molar-refractivity contribution in [3.05, 3.63) is 130 Å². The van der Waals surface area contributed by atoms with Crippen molar-refractivity contribution in [2.24, 2.45) is 11.8 Å². The van der Waals surface area contributed by atoms with Gasteiger partial charge in [-0.05, 0) is 78.9 Å². The van der Waals surface area contributed by atoms with Crippen molar-refractivity contribution in [2.45, 2.75) is 64.7 Å². The molecular formula is C48H48O10. The van der Waals surface area contributed by atoms with Crippen LogP contribution in [-0.2, 0) is 6.42 Å². The number of benzene rings is 2. The zero-order valence-electron chi connectivity index (χ0n) is 32.4. The monoisotopic (exact) mass is 784 g/mol. The molecule has 9 N–H and O–H groups in total. The molecule has 4 aliphatic rings. The van der Waals surface area contributed by atoms with Gasteiger partial charge in [-0.1, -0.05) is 99.8 Å². The number of rotatable bonds is 5. The average Bonchev–Trinajstić information content (AvgIpc) is 3.40. The predicted octanol–water partition coefficient (Wildman–Crippen LogP) is 10.7. The zero-order valence-corrected chi connectivity index (χ0v) is 32.4. The van der Waals surface area contributed by atoms with E-state index in [1.165, 1.54) is 0 Å². The Labute approximate surface area is 336 Å². The second-order valence-corrected chi connectivity index (χ2v) is 15.2. The van der Waals surface area contributed by atoms with Crippen LogP contribution in [0.2, 0.25) is 0 Å². The van der Waals surface area contributed by atoms with Gasteiger partial charge in [-0.15, -0.1) is 0 Å². The van der Waals surface area contributed by atoms with Crippen LogP contribution < -0.4 is 0 Å². The van der Waals surface area contributed by atoms with Gasteiger partial charge in [-0.3, -0.25) is 0 Å². The molecule has 10 heteroatoms. The summed E-state index contributed by atoms with van der Waals surface area (Å²) < 4.78 is 6.60. The standard InChI is InChI=1S/C48H48O10/c1-4-32-35(31-23-25(2)17-11-8-6-5-7-9-14-22-33(31)58-32)26(3)34-27-18-15-16-19-28(24-27)36(30-21-13-10-12-20-29(30)34)37-40(49)42(51)38(43(52)41(37)50)39-44(53)46(55)48(57)47(56)45(39)54/h4,10-19,21-22,24-27,49-57H,1,5-9,20,23H2,2-3H3/b17-11-,22-14-. The van der Waals surface area contributed by atoms with Crippen LogP contribution in [-0.4, -0.2) is 46.0 Å². The van der Waals surface area contributed by atoms with Crippen molar-refractivity contribution in [3.63, 3.8) is 0 Å². The van der Waals surface area contributed by atoms with E-state index in [0.29, 0.717) is 23.3 Å². The predicted molar refractivity (Wildman–Crippen MR) is 225 cm³/mol. The third-order valence-corrected chi connectivity index (χ3v) is 11.4. The molecule has 3 unspecified atom stereocenters. The van der Waals surface area contributed by atoms with Gasteiger partial charge < -0.3 is 50.4 Å². The number of phenolic OH excluding ortho intramolecular Hbond substituents is 9. The first-order valence-electron chi connectivity index (χ1n) is 19.5. The first-order valence-corrected chi connectivity index (χ1v) is 19.5. The molecule has 2 aromatic carbocycles. The van der Waals surface area contributed by atoms with E-state index >= 15 is 0 Å². The summed E-state index contributed by atoms with van der Waals surface area (Å²) in [5, 5.41) is 98.6. The van der Waals surface area contributed by atoms with Crippen LogP contribution in [0.1, 0.15) is 86.5 Å². The van der Waals surface area contributed by atoms with E-state index in [1.807, 2.05) is 42.5 Å². The maximum Gasteiger partial charge on any atom is 0.208 e. The Bertz CT molecular complexity index is 2420. The lowest BCUT2D eigenvalue weighted by atomic mass is 9.77. The minimum Gasteiger partial charge on any atom is -0.504 e. The van der Waals surface area contributed by atoms with Crippen LogP contribution in [0.15, 0.2) is 106 Å². The summed E-state index contributed by atoms with van der Waals surface area (Å²) in [5.41, 5.74) is 3.18. The van der Waals surface area contributed by atoms with Gasteiger partial charge in [-0.2, -0.15) is 0 Å². The number of fused-ring (bicyclic) bond motifs is 3. The number of aromatic hydroxyl groups is 9. The molecule has 7 rings (SSSR count). The Morgan fingerprint density at radius 3 is 1.95 bits per heavy atom. The maximum atomic E-state index is 11.8. The van der Waals surface area contributed by atoms with Crippen LogP contribution in [0.4, 0.5) is 0 Å². The van der Waals surface area contributed by atoms with E-state index in [-0.39, 0.29) is 28.9 Å². The van der Waals surface area contributed by atoms with Crippen LogP contribution in [0.3, 0.4) is 0 Å². The van der Waals surface area contributed by atoms with Gasteiger partial charge in [0.15, 0.2) is 34.5 Å². The van der Waals surface area contributed by atoms with Crippen LogP contribution in [0.25, 0.3) is 28.9 Å². The summed E-state index contributed by atoms with van der Waals surface area (Å²) in [4.78, 5) is 0. The number of hydrogen-bond donors (Lipinski definition) is 9. The highest BCUT2D eigenvalue weighted by molar-refractivity contribution is 6.01. The van der Waals surface area contributed by atoms with Crippen molar-refractivity contribution in [3.8, 4) is 62.9 Å². The first-order chi connectivity index (χ1) is 27.9. The normalized spacial score (nSPS) is 21.0. The molecule has 1 heterocycles. The van der Waals surface area contributed by atoms with E-state index in [0.717, 1.165) is 66.6 Å². The summed E-state index contributed by atoms with van der Waals surface area (Å²) in [6.07, 6.45) is 34.3. The Kier molecular flexibility index (Phi) is 10.9. The summed E-state index contributed by atoms with van der Waals surface area (Å²) in [5.74, 6) is -9.23. The van der Waals surface area contributed by atoms with Gasteiger partial charge in [0, 0.05) is 28.5 Å². The number of phenols is 9. The number of furan rings is 1. The van der Waals surface area contributed by atoms with Crippen molar-refractivity contribution in [1.29, 1.82) is 0 Å². The zero-order chi connectivity index (χ0) is 41.4. The van der Waals surface area contributed by atoms with E-state index < -0.39 is 62.9 Å². The SMILES string of the molecule is C=Cc1oc2c(c1C(C)C1=C3CC=CC=CC3=C(c3c(O)c(O)c(-c4c(O)c(O)c(O)c(O)c4O)c(O)c3O)C3=CC1C=CC=C3)CC(C)/C=C\CCCCC/C=C\2. The van der Waals surface area contributed by atoms with Crippen molar-refractivity contribution < 1.29 is 50.4 Å². The summed E-state index contributed by atoms with van der Waals surface area (Å²) in [6.45, 7) is 8.51. The van der Waals surface area contributed by atoms with E-state index in [4.69, 9.17) is 4.42 Å². The molecule has 0 fully saturated rings. The number of hydrogen-bond acceptors (Lipinski definition) is 10. The Morgan fingerprint density at radius 2 is 1.28 bits per heavy atom. The van der Waals surface area contributed by atoms with Crippen molar-refractivity contribution in [1.82, 2.24) is 0 Å². The van der Waals surface area contributed by atoms with Crippen molar-refractivity contribution >= 4 is 17.7 Å². The van der Waals surface area contributed by atoms with Gasteiger partial charge in [0.25, 0.3) is 0 Å². The Morgan fingerprint density at radius 1 is 0.672 bits per heavy atom. The molecule has 3 atom stereocenters. The fourth-order valence-electron chi connectivity index (χ4n) is 8.68. The minimum atomic E-state index is -1.28. The Hall–Kier alpha value is -6.68. The number of allylic oxidation sites excluding steroid dienone is 17. The minimum absolute atomic E-state index is 0.229. The van der Waals surface area contributed by atoms with Crippen LogP contribution in [0, 0.1) is 11.8 Å². The third-order valence-electron chi connectivity index (χ3n) is 11.4. The topological polar surface area (TPSA) is 195 Å². The van der Waals surface area contributed by atoms with Gasteiger partial charge in [0.05, 0.1) is 16.7 Å². The molecule has 3 aromatic rings. The fourth-order valence-corrected chi connectivity index (χ4v) is 8.68. The van der Waals surface area contributed by atoms with E-state index in [2.05, 4.69) is 50.8 Å². The molecule has 10 nitrogen and oxygen atoms in total. The smallest absolute Gasteiger partial charge is 0.208 e. The summed E-state index contributed by atoms with van der Waals surface area (Å²) in [6, 6.07) is 0. The molecule has 0 radical (unpaired) electrons. The maximum absolute atomic E-state index is 11.8. The highest BCUT2D eigenvalue weighted by atomic mass is 16.4. The molecule has 0 aliphatic heterocycles. The first kappa shape index (κ1) is 39.6. The fraction of sp³-hybridized carbons (Fsp3) is 0.250. The van der Waals surface area contributed by atoms with Crippen LogP contribution in [0.5, 0.6) is 51.7 Å². The molecule has 4 aliphatic carbocycles. The lowest BCUT2D eigenvalue weighted by Gasteiger charge is -2.26. The molecular weight excluding hydrogens is 737 g/mol. The molecule has 2 bridgehead atoms. The quantitative estimate of drug-likeness (QED) is 0.0682. The molecule has 0 saturated heterocycles. The van der Waals surface area contributed by atoms with Gasteiger partial charge >= 0.3 is 0 Å². The average molecular weight is 785 g/mol. The lowest BCUT2D eigenvalue weighted by Crippen LogP contribution is -2.13. The second kappa shape index (κ2) is 16.1. The molecule has 1 aromatic heterocycles. The van der Waals surface area contributed by atoms with Gasteiger partial charge in [-0.25, -0.2) is 0 Å². The lowest BCUT2D eigenvalue weighted by molar-refractivity contribution is 0.329. The molecule has 0 amide bonds. The van der Waals surface area contributed by atoms with Gasteiger partial charge in [0.1, 0.15) is 11.5 Å². The van der Waals surface area contributed by atoms with E-state index in [1.54, 1.807) is 12.2 Å². The highest BCUT2D eigenvalue weighted by Crippen LogP contribution is 2.63. The largest absolute Gasteiger partial charge is 0.504 e. The van der Waals surface area contributed by atoms with E-state index in [9.17, 15) is 46.0 Å². The molecule has 0 spiro atoms. The second-order valence-electron chi connectivity index (χ2n) is 15.2. The third kappa shape index (κ3) is 6.78. The van der Waals surface area contributed by atoms with Crippen LogP contribution >= 0.6 is 0 Å². The molecule has 0 saturated carbocycles. The van der Waals surface area contributed by atoms with Crippen molar-refractivity contribution in [2.75, 3.05) is 0 Å². The Balaban J connectivity index is 1.50.